The van der Waals surface area contributed by atoms with Gasteiger partial charge in [-0.05, 0) is 12.5 Å². The van der Waals surface area contributed by atoms with Crippen molar-refractivity contribution in [1.29, 1.82) is 5.41 Å². The largest absolute Gasteiger partial charge is 0.414 e. The van der Waals surface area contributed by atoms with Crippen molar-refractivity contribution in [1.82, 2.24) is 0 Å². The van der Waals surface area contributed by atoms with Gasteiger partial charge in [0.2, 0.25) is 0 Å². The van der Waals surface area contributed by atoms with Gasteiger partial charge < -0.3 is 10.5 Å². The minimum Gasteiger partial charge on any atom is -0.384 e. The molecule has 0 aliphatic heterocycles. The average molecular weight is 246 g/mol. The van der Waals surface area contributed by atoms with Crippen LogP contribution in [0.1, 0.15) is 18.1 Å². The van der Waals surface area contributed by atoms with E-state index in [-0.39, 0.29) is 12.4 Å². The first-order chi connectivity index (χ1) is 7.82. The highest BCUT2D eigenvalue weighted by molar-refractivity contribution is 5.96. The Hall–Kier alpha value is -1.56. The molecule has 1 atom stereocenters. The second-order valence-electron chi connectivity index (χ2n) is 3.57. The molecule has 1 unspecified atom stereocenters. The number of amidine groups is 1. The van der Waals surface area contributed by atoms with Gasteiger partial charge in [0.25, 0.3) is 0 Å². The van der Waals surface area contributed by atoms with Gasteiger partial charge in [-0.1, -0.05) is 24.3 Å². The van der Waals surface area contributed by atoms with Crippen LogP contribution in [0.25, 0.3) is 0 Å². The molecule has 3 nitrogen and oxygen atoms in total. The molecule has 0 aromatic heterocycles. The molecule has 94 valence electrons. The number of hydrogen-bond acceptors (Lipinski definition) is 2. The van der Waals surface area contributed by atoms with Gasteiger partial charge in [-0.3, -0.25) is 5.41 Å². The molecule has 0 bridgehead atoms. The summed E-state index contributed by atoms with van der Waals surface area (Å²) in [4.78, 5) is 0. The maximum absolute atomic E-state index is 12.2. The van der Waals surface area contributed by atoms with Gasteiger partial charge >= 0.3 is 6.18 Å². The first-order valence-corrected chi connectivity index (χ1v) is 4.93. The lowest BCUT2D eigenvalue weighted by molar-refractivity contribution is -0.217. The van der Waals surface area contributed by atoms with Gasteiger partial charge in [0.15, 0.2) is 6.10 Å². The molecule has 6 heteroatoms. The summed E-state index contributed by atoms with van der Waals surface area (Å²) in [5.74, 6) is -0.191. The second kappa shape index (κ2) is 5.18. The van der Waals surface area contributed by atoms with E-state index in [1.807, 2.05) is 0 Å². The third-order valence-corrected chi connectivity index (χ3v) is 2.26. The zero-order valence-corrected chi connectivity index (χ0v) is 9.21. The van der Waals surface area contributed by atoms with Crippen molar-refractivity contribution >= 4 is 5.84 Å². The summed E-state index contributed by atoms with van der Waals surface area (Å²) in [5, 5.41) is 7.28. The quantitative estimate of drug-likeness (QED) is 0.633. The number of nitrogen functional groups attached to an aromatic ring is 1. The van der Waals surface area contributed by atoms with Gasteiger partial charge in [0.05, 0.1) is 6.61 Å². The Bertz CT molecular complexity index is 404. The molecule has 0 saturated carbocycles. The SMILES string of the molecule is CC(OCc1ccccc1C(=N)N)C(F)(F)F. The molecular formula is C11H13F3N2O. The molecule has 0 spiro atoms. The molecule has 3 N–H and O–H groups in total. The van der Waals surface area contributed by atoms with Crippen LogP contribution in [0, 0.1) is 5.41 Å². The van der Waals surface area contributed by atoms with E-state index in [0.717, 1.165) is 6.92 Å². The summed E-state index contributed by atoms with van der Waals surface area (Å²) in [5.41, 5.74) is 6.17. The van der Waals surface area contributed by atoms with Crippen molar-refractivity contribution in [2.75, 3.05) is 0 Å². The van der Waals surface area contributed by atoms with Crippen LogP contribution in [-0.2, 0) is 11.3 Å². The van der Waals surface area contributed by atoms with Crippen LogP contribution in [0.4, 0.5) is 13.2 Å². The van der Waals surface area contributed by atoms with Gasteiger partial charge in [0, 0.05) is 5.56 Å². The molecule has 1 aromatic rings. The van der Waals surface area contributed by atoms with Crippen LogP contribution in [-0.4, -0.2) is 18.1 Å². The van der Waals surface area contributed by atoms with Crippen LogP contribution >= 0.6 is 0 Å². The van der Waals surface area contributed by atoms with Crippen LogP contribution in [0.2, 0.25) is 0 Å². The lowest BCUT2D eigenvalue weighted by atomic mass is 10.1. The Balaban J connectivity index is 2.73. The fourth-order valence-corrected chi connectivity index (χ4v) is 1.22. The number of nitrogens with two attached hydrogens (primary N) is 1. The van der Waals surface area contributed by atoms with Crippen molar-refractivity contribution in [3.05, 3.63) is 35.4 Å². The Labute approximate surface area is 96.9 Å². The smallest absolute Gasteiger partial charge is 0.384 e. The third-order valence-electron chi connectivity index (χ3n) is 2.26. The molecule has 0 heterocycles. The Morgan fingerprint density at radius 2 is 2.00 bits per heavy atom. The predicted molar refractivity (Wildman–Crippen MR) is 57.8 cm³/mol. The Morgan fingerprint density at radius 3 is 2.53 bits per heavy atom. The maximum Gasteiger partial charge on any atom is 0.414 e. The van der Waals surface area contributed by atoms with E-state index in [2.05, 4.69) is 0 Å². The second-order valence-corrected chi connectivity index (χ2v) is 3.57. The topological polar surface area (TPSA) is 59.1 Å². The van der Waals surface area contributed by atoms with E-state index in [0.29, 0.717) is 11.1 Å². The zero-order chi connectivity index (χ0) is 13.1. The maximum atomic E-state index is 12.2. The van der Waals surface area contributed by atoms with Crippen LogP contribution in [0.5, 0.6) is 0 Å². The fraction of sp³-hybridized carbons (Fsp3) is 0.364. The molecule has 1 rings (SSSR count). The van der Waals surface area contributed by atoms with Crippen molar-refractivity contribution in [2.45, 2.75) is 25.8 Å². The normalized spacial score (nSPS) is 13.4. The van der Waals surface area contributed by atoms with E-state index in [9.17, 15) is 13.2 Å². The van der Waals surface area contributed by atoms with Gasteiger partial charge in [0.1, 0.15) is 5.84 Å². The Morgan fingerprint density at radius 1 is 1.41 bits per heavy atom. The van der Waals surface area contributed by atoms with E-state index >= 15 is 0 Å². The minimum absolute atomic E-state index is 0.191. The highest BCUT2D eigenvalue weighted by atomic mass is 19.4. The van der Waals surface area contributed by atoms with Gasteiger partial charge in [-0.25, -0.2) is 0 Å². The standard InChI is InChI=1S/C11H13F3N2O/c1-7(11(12,13)14)17-6-8-4-2-3-5-9(8)10(15)16/h2-5,7H,6H2,1H3,(H3,15,16). The molecule has 0 aliphatic carbocycles. The summed E-state index contributed by atoms with van der Waals surface area (Å²) in [7, 11) is 0. The van der Waals surface area contributed by atoms with Crippen molar-refractivity contribution in [3.8, 4) is 0 Å². The lowest BCUT2D eigenvalue weighted by Gasteiger charge is -2.17. The van der Waals surface area contributed by atoms with Crippen molar-refractivity contribution in [2.24, 2.45) is 5.73 Å². The number of hydrogen-bond donors (Lipinski definition) is 2. The molecule has 0 fully saturated rings. The Kier molecular flexibility index (Phi) is 4.11. The molecule has 0 amide bonds. The van der Waals surface area contributed by atoms with E-state index in [1.54, 1.807) is 24.3 Å². The monoisotopic (exact) mass is 246 g/mol. The van der Waals surface area contributed by atoms with Crippen molar-refractivity contribution in [3.63, 3.8) is 0 Å². The fourth-order valence-electron chi connectivity index (χ4n) is 1.22. The molecular weight excluding hydrogens is 233 g/mol. The van der Waals surface area contributed by atoms with Crippen LogP contribution in [0.15, 0.2) is 24.3 Å². The number of ether oxygens (including phenoxy) is 1. The molecule has 0 saturated heterocycles. The highest BCUT2D eigenvalue weighted by Gasteiger charge is 2.36. The summed E-state index contributed by atoms with van der Waals surface area (Å²) < 4.78 is 41.4. The highest BCUT2D eigenvalue weighted by Crippen LogP contribution is 2.23. The summed E-state index contributed by atoms with van der Waals surface area (Å²) >= 11 is 0. The summed E-state index contributed by atoms with van der Waals surface area (Å²) in [6, 6.07) is 6.47. The predicted octanol–water partition coefficient (Wildman–Crippen LogP) is 2.44. The molecule has 1 aromatic carbocycles. The van der Waals surface area contributed by atoms with Crippen LogP contribution < -0.4 is 5.73 Å². The van der Waals surface area contributed by atoms with E-state index in [1.165, 1.54) is 0 Å². The molecule has 17 heavy (non-hydrogen) atoms. The molecule has 0 aliphatic rings. The van der Waals surface area contributed by atoms with Crippen molar-refractivity contribution < 1.29 is 17.9 Å². The first kappa shape index (κ1) is 13.5. The first-order valence-electron chi connectivity index (χ1n) is 4.93. The number of benzene rings is 1. The number of alkyl halides is 3. The zero-order valence-electron chi connectivity index (χ0n) is 9.21. The number of halogens is 3. The summed E-state index contributed by atoms with van der Waals surface area (Å²) in [6.07, 6.45) is -6.23. The third kappa shape index (κ3) is 3.74. The number of nitrogens with one attached hydrogen (secondary N) is 1. The van der Waals surface area contributed by atoms with E-state index in [4.69, 9.17) is 15.9 Å². The lowest BCUT2D eigenvalue weighted by Crippen LogP contribution is -2.28. The summed E-state index contributed by atoms with van der Waals surface area (Å²) in [6.45, 7) is 0.715. The average Bonchev–Trinajstić information content (AvgIpc) is 2.24. The minimum atomic E-state index is -4.38. The molecule has 0 radical (unpaired) electrons. The number of rotatable bonds is 4. The van der Waals surface area contributed by atoms with Crippen LogP contribution in [0.3, 0.4) is 0 Å². The van der Waals surface area contributed by atoms with Gasteiger partial charge in [-0.2, -0.15) is 13.2 Å². The van der Waals surface area contributed by atoms with Gasteiger partial charge in [-0.15, -0.1) is 0 Å². The van der Waals surface area contributed by atoms with E-state index < -0.39 is 12.3 Å².